The zero-order valence-electron chi connectivity index (χ0n) is 12.7. The summed E-state index contributed by atoms with van der Waals surface area (Å²) in [6, 6.07) is 3.21. The fraction of sp³-hybridized carbons (Fsp3) is 0.625. The van der Waals surface area contributed by atoms with Crippen molar-refractivity contribution in [1.82, 2.24) is 10.3 Å². The molecular weight excluding hydrogens is 268 g/mol. The molecular formula is C16H24N2O3. The second-order valence-corrected chi connectivity index (χ2v) is 6.14. The van der Waals surface area contributed by atoms with E-state index in [1.807, 2.05) is 0 Å². The molecule has 5 heteroatoms. The van der Waals surface area contributed by atoms with Gasteiger partial charge in [-0.2, -0.15) is 0 Å². The van der Waals surface area contributed by atoms with Crippen molar-refractivity contribution in [2.45, 2.75) is 51.6 Å². The van der Waals surface area contributed by atoms with Crippen molar-refractivity contribution in [3.8, 4) is 0 Å². The van der Waals surface area contributed by atoms with Crippen LogP contribution >= 0.6 is 0 Å². The molecule has 0 atom stereocenters. The average Bonchev–Trinajstić information content (AvgIpc) is 2.46. The lowest BCUT2D eigenvalue weighted by Crippen LogP contribution is -2.46. The van der Waals surface area contributed by atoms with E-state index < -0.39 is 17.1 Å². The Morgan fingerprint density at radius 1 is 1.43 bits per heavy atom. The van der Waals surface area contributed by atoms with Crippen molar-refractivity contribution >= 4 is 5.91 Å². The molecule has 1 aromatic heterocycles. The number of aliphatic hydroxyl groups is 1. The van der Waals surface area contributed by atoms with E-state index in [0.29, 0.717) is 24.5 Å². The smallest absolute Gasteiger partial charge is 0.260 e. The highest BCUT2D eigenvalue weighted by Crippen LogP contribution is 2.33. The minimum absolute atomic E-state index is 0.0893. The first-order chi connectivity index (χ1) is 9.93. The molecule has 2 rings (SSSR count). The lowest BCUT2D eigenvalue weighted by molar-refractivity contribution is -0.00787. The van der Waals surface area contributed by atoms with Crippen molar-refractivity contribution < 1.29 is 9.90 Å². The van der Waals surface area contributed by atoms with Crippen LogP contribution in [0, 0.1) is 12.8 Å². The summed E-state index contributed by atoms with van der Waals surface area (Å²) >= 11 is 0. The van der Waals surface area contributed by atoms with Gasteiger partial charge in [0.15, 0.2) is 0 Å². The molecule has 1 amide bonds. The monoisotopic (exact) mass is 292 g/mol. The molecule has 3 N–H and O–H groups in total. The molecule has 1 aliphatic rings. The fourth-order valence-corrected chi connectivity index (χ4v) is 2.89. The normalized spacial score (nSPS) is 25.6. The third-order valence-corrected chi connectivity index (χ3v) is 4.49. The van der Waals surface area contributed by atoms with E-state index in [0.717, 1.165) is 19.3 Å². The van der Waals surface area contributed by atoms with Crippen LogP contribution in [0.2, 0.25) is 0 Å². The summed E-state index contributed by atoms with van der Waals surface area (Å²) in [7, 11) is 0. The van der Waals surface area contributed by atoms with E-state index in [9.17, 15) is 14.7 Å². The predicted molar refractivity (Wildman–Crippen MR) is 81.3 cm³/mol. The fourth-order valence-electron chi connectivity index (χ4n) is 2.89. The van der Waals surface area contributed by atoms with Gasteiger partial charge in [-0.15, -0.1) is 0 Å². The van der Waals surface area contributed by atoms with Gasteiger partial charge in [-0.1, -0.05) is 13.3 Å². The number of nitrogens with one attached hydrogen (secondary N) is 2. The number of amides is 1. The summed E-state index contributed by atoms with van der Waals surface area (Å²) in [5.41, 5.74) is -0.424. The van der Waals surface area contributed by atoms with E-state index in [1.54, 1.807) is 13.0 Å². The maximum absolute atomic E-state index is 12.0. The molecule has 0 bridgehead atoms. The van der Waals surface area contributed by atoms with Crippen LogP contribution in [0.4, 0.5) is 0 Å². The van der Waals surface area contributed by atoms with Crippen LogP contribution in [0.3, 0.4) is 0 Å². The number of carbonyl (C=O) groups is 1. The van der Waals surface area contributed by atoms with Crippen molar-refractivity contribution in [2.75, 3.05) is 6.54 Å². The molecule has 0 spiro atoms. The van der Waals surface area contributed by atoms with Crippen LogP contribution in [0.15, 0.2) is 16.9 Å². The summed E-state index contributed by atoms with van der Waals surface area (Å²) in [6.45, 7) is 4.13. The number of aromatic nitrogens is 1. The number of carbonyl (C=O) groups excluding carboxylic acids is 1. The van der Waals surface area contributed by atoms with Crippen LogP contribution in [0.25, 0.3) is 0 Å². The van der Waals surface area contributed by atoms with Gasteiger partial charge in [-0.05, 0) is 50.7 Å². The standard InChI is InChI=1S/C16H24N2O3/c1-3-12-6-8-16(21,9-7-12)10-17-14(19)13-5-4-11(2)18-15(13)20/h4-5,12,21H,3,6-10H2,1-2H3,(H,17,19)(H,18,20). The third-order valence-electron chi connectivity index (χ3n) is 4.49. The van der Waals surface area contributed by atoms with Crippen LogP contribution in [-0.4, -0.2) is 28.1 Å². The largest absolute Gasteiger partial charge is 0.388 e. The summed E-state index contributed by atoms with van der Waals surface area (Å²) in [5, 5.41) is 13.2. The van der Waals surface area contributed by atoms with E-state index in [-0.39, 0.29) is 12.1 Å². The summed E-state index contributed by atoms with van der Waals surface area (Å²) < 4.78 is 0. The number of aryl methyl sites for hydroxylation is 1. The van der Waals surface area contributed by atoms with E-state index in [4.69, 9.17) is 0 Å². The minimum Gasteiger partial charge on any atom is -0.388 e. The molecule has 1 aliphatic carbocycles. The van der Waals surface area contributed by atoms with Crippen molar-refractivity contribution in [3.05, 3.63) is 33.7 Å². The Kier molecular flexibility index (Phi) is 4.83. The Hall–Kier alpha value is -1.62. The number of aromatic amines is 1. The highest BCUT2D eigenvalue weighted by molar-refractivity contribution is 5.93. The summed E-state index contributed by atoms with van der Waals surface area (Å²) in [4.78, 5) is 26.4. The van der Waals surface area contributed by atoms with Crippen LogP contribution in [0.5, 0.6) is 0 Å². The van der Waals surface area contributed by atoms with Crippen LogP contribution in [0.1, 0.15) is 55.1 Å². The minimum atomic E-state index is -0.835. The SMILES string of the molecule is CCC1CCC(O)(CNC(=O)c2ccc(C)[nH]c2=O)CC1. The van der Waals surface area contributed by atoms with Gasteiger partial charge in [0.1, 0.15) is 5.56 Å². The van der Waals surface area contributed by atoms with Crippen LogP contribution < -0.4 is 10.9 Å². The van der Waals surface area contributed by atoms with Gasteiger partial charge in [0, 0.05) is 12.2 Å². The molecule has 1 fully saturated rings. The van der Waals surface area contributed by atoms with E-state index in [1.165, 1.54) is 6.07 Å². The Balaban J connectivity index is 1.93. The number of hydrogen-bond acceptors (Lipinski definition) is 3. The van der Waals surface area contributed by atoms with Crippen molar-refractivity contribution in [1.29, 1.82) is 0 Å². The Morgan fingerprint density at radius 2 is 2.10 bits per heavy atom. The zero-order chi connectivity index (χ0) is 15.5. The Morgan fingerprint density at radius 3 is 2.67 bits per heavy atom. The van der Waals surface area contributed by atoms with Gasteiger partial charge in [-0.3, -0.25) is 9.59 Å². The first-order valence-electron chi connectivity index (χ1n) is 7.64. The molecule has 0 radical (unpaired) electrons. The molecule has 5 nitrogen and oxygen atoms in total. The number of H-pyrrole nitrogens is 1. The number of rotatable bonds is 4. The quantitative estimate of drug-likeness (QED) is 0.790. The van der Waals surface area contributed by atoms with Crippen molar-refractivity contribution in [3.63, 3.8) is 0 Å². The summed E-state index contributed by atoms with van der Waals surface area (Å²) in [6.07, 6.45) is 4.54. The predicted octanol–water partition coefficient (Wildman–Crippen LogP) is 1.74. The van der Waals surface area contributed by atoms with E-state index >= 15 is 0 Å². The average molecular weight is 292 g/mol. The molecule has 1 heterocycles. The topological polar surface area (TPSA) is 82.2 Å². The maximum Gasteiger partial charge on any atom is 0.260 e. The Labute approximate surface area is 124 Å². The summed E-state index contributed by atoms with van der Waals surface area (Å²) in [5.74, 6) is 0.253. The second kappa shape index (κ2) is 6.43. The molecule has 0 saturated heterocycles. The molecule has 0 aromatic carbocycles. The first kappa shape index (κ1) is 15.8. The van der Waals surface area contributed by atoms with E-state index in [2.05, 4.69) is 17.2 Å². The zero-order valence-corrected chi connectivity index (χ0v) is 12.7. The van der Waals surface area contributed by atoms with Crippen LogP contribution in [-0.2, 0) is 0 Å². The van der Waals surface area contributed by atoms with Crippen molar-refractivity contribution in [2.24, 2.45) is 5.92 Å². The number of pyridine rings is 1. The Bertz CT molecular complexity index is 557. The highest BCUT2D eigenvalue weighted by Gasteiger charge is 2.33. The molecule has 116 valence electrons. The molecule has 1 saturated carbocycles. The van der Waals surface area contributed by atoms with Gasteiger partial charge < -0.3 is 15.4 Å². The molecule has 0 unspecified atom stereocenters. The van der Waals surface area contributed by atoms with Gasteiger partial charge in [0.05, 0.1) is 5.60 Å². The molecule has 1 aromatic rings. The van der Waals surface area contributed by atoms with Gasteiger partial charge in [0.2, 0.25) is 0 Å². The first-order valence-corrected chi connectivity index (χ1v) is 7.64. The van der Waals surface area contributed by atoms with Gasteiger partial charge in [0.25, 0.3) is 11.5 Å². The number of hydrogen-bond donors (Lipinski definition) is 3. The molecule has 21 heavy (non-hydrogen) atoms. The third kappa shape index (κ3) is 3.94. The lowest BCUT2D eigenvalue weighted by atomic mass is 9.78. The molecule has 0 aliphatic heterocycles. The highest BCUT2D eigenvalue weighted by atomic mass is 16.3. The van der Waals surface area contributed by atoms with Gasteiger partial charge in [-0.25, -0.2) is 0 Å². The van der Waals surface area contributed by atoms with Gasteiger partial charge >= 0.3 is 0 Å². The lowest BCUT2D eigenvalue weighted by Gasteiger charge is -2.35. The second-order valence-electron chi connectivity index (χ2n) is 6.14. The maximum atomic E-state index is 12.0.